The topological polar surface area (TPSA) is 103 Å². The Morgan fingerprint density at radius 1 is 1.07 bits per heavy atom. The fourth-order valence-electron chi connectivity index (χ4n) is 6.10. The number of piperidine rings is 1. The van der Waals surface area contributed by atoms with Crippen molar-refractivity contribution < 1.29 is 19.1 Å². The highest BCUT2D eigenvalue weighted by Crippen LogP contribution is 2.48. The van der Waals surface area contributed by atoms with Gasteiger partial charge >= 0.3 is 6.03 Å². The van der Waals surface area contributed by atoms with E-state index >= 15 is 0 Å². The summed E-state index contributed by atoms with van der Waals surface area (Å²) in [6, 6.07) is 1.39. The lowest BCUT2D eigenvalue weighted by molar-refractivity contribution is -0.127. The number of nitrogens with one attached hydrogen (secondary N) is 1. The molecule has 238 valence electrons. The van der Waals surface area contributed by atoms with E-state index < -0.39 is 0 Å². The van der Waals surface area contributed by atoms with Gasteiger partial charge in [0, 0.05) is 55.6 Å². The Hall–Kier alpha value is -3.28. The summed E-state index contributed by atoms with van der Waals surface area (Å²) in [5.41, 5.74) is 1.06. The summed E-state index contributed by atoms with van der Waals surface area (Å²) >= 11 is 13.6. The summed E-state index contributed by atoms with van der Waals surface area (Å²) in [5, 5.41) is 3.91. The standard InChI is InChI=1S/C31H41Cl2N7O4/c1-37(2)14-8-11-25(41)38-15-12-22(13-16-38)40-29-20(18-34-30(36-29)35-21-9-6-5-7-10-21)19-39(31(40)42)28-26(32)23(43-3)17-24(44-4)27(28)33/h8,11,17-18,21-22H,5-7,9-10,12-16,19H2,1-4H3,(H,34,35,36). The number of carbonyl (C=O) groups is 2. The number of fused-ring (bicyclic) bond motifs is 1. The number of halogens is 2. The molecule has 5 rings (SSSR count). The summed E-state index contributed by atoms with van der Waals surface area (Å²) in [5.74, 6) is 1.73. The molecule has 44 heavy (non-hydrogen) atoms. The van der Waals surface area contributed by atoms with Crippen molar-refractivity contribution in [3.8, 4) is 11.5 Å². The van der Waals surface area contributed by atoms with E-state index in [0.29, 0.717) is 67.5 Å². The highest BCUT2D eigenvalue weighted by molar-refractivity contribution is 6.42. The minimum absolute atomic E-state index is 0.0272. The second-order valence-corrected chi connectivity index (χ2v) is 12.5. The minimum Gasteiger partial charge on any atom is -0.495 e. The first kappa shape index (κ1) is 32.1. The Balaban J connectivity index is 1.47. The summed E-state index contributed by atoms with van der Waals surface area (Å²) < 4.78 is 11.0. The monoisotopic (exact) mass is 645 g/mol. The maximum Gasteiger partial charge on any atom is 0.330 e. The van der Waals surface area contributed by atoms with Crippen LogP contribution in [0, 0.1) is 0 Å². The van der Waals surface area contributed by atoms with E-state index in [-0.39, 0.29) is 34.6 Å². The molecule has 1 saturated carbocycles. The van der Waals surface area contributed by atoms with Crippen molar-refractivity contribution in [1.29, 1.82) is 0 Å². The molecule has 1 N–H and O–H groups in total. The second-order valence-electron chi connectivity index (χ2n) is 11.7. The fraction of sp³-hybridized carbons (Fsp3) is 0.548. The van der Waals surface area contributed by atoms with E-state index in [1.165, 1.54) is 38.4 Å². The number of likely N-dealkylation sites (tertiary alicyclic amines) is 1. The van der Waals surface area contributed by atoms with Crippen molar-refractivity contribution in [3.63, 3.8) is 0 Å². The molecule has 0 spiro atoms. The fourth-order valence-corrected chi connectivity index (χ4v) is 6.81. The molecule has 13 heteroatoms. The molecule has 3 heterocycles. The zero-order valence-corrected chi connectivity index (χ0v) is 27.3. The number of hydrogen-bond acceptors (Lipinski definition) is 8. The number of likely N-dealkylation sites (N-methyl/N-ethyl adjacent to an activating group) is 1. The van der Waals surface area contributed by atoms with Gasteiger partial charge in [0.15, 0.2) is 0 Å². The van der Waals surface area contributed by atoms with Gasteiger partial charge in [-0.2, -0.15) is 4.98 Å². The number of amides is 3. The van der Waals surface area contributed by atoms with Gasteiger partial charge in [0.25, 0.3) is 0 Å². The average Bonchev–Trinajstić information content (AvgIpc) is 3.02. The predicted octanol–water partition coefficient (Wildman–Crippen LogP) is 5.60. The molecule has 11 nitrogen and oxygen atoms in total. The quantitative estimate of drug-likeness (QED) is 0.352. The van der Waals surface area contributed by atoms with Crippen LogP contribution in [-0.2, 0) is 11.3 Å². The smallest absolute Gasteiger partial charge is 0.330 e. The largest absolute Gasteiger partial charge is 0.495 e. The first-order chi connectivity index (χ1) is 21.2. The first-order valence-electron chi connectivity index (χ1n) is 15.1. The lowest BCUT2D eigenvalue weighted by atomic mass is 9.96. The van der Waals surface area contributed by atoms with Gasteiger partial charge in [0.05, 0.1) is 26.5 Å². The molecule has 0 atom stereocenters. The van der Waals surface area contributed by atoms with Gasteiger partial charge in [0.2, 0.25) is 11.9 Å². The molecule has 2 aliphatic heterocycles. The summed E-state index contributed by atoms with van der Waals surface area (Å²) in [4.78, 5) is 44.0. The van der Waals surface area contributed by atoms with Crippen LogP contribution in [0.4, 0.5) is 22.2 Å². The van der Waals surface area contributed by atoms with Gasteiger partial charge in [-0.25, -0.2) is 9.78 Å². The highest BCUT2D eigenvalue weighted by atomic mass is 35.5. The van der Waals surface area contributed by atoms with Crippen LogP contribution in [0.25, 0.3) is 0 Å². The van der Waals surface area contributed by atoms with Gasteiger partial charge < -0.3 is 24.6 Å². The van der Waals surface area contributed by atoms with Gasteiger partial charge in [0.1, 0.15) is 27.4 Å². The van der Waals surface area contributed by atoms with Crippen molar-refractivity contribution in [3.05, 3.63) is 40.0 Å². The van der Waals surface area contributed by atoms with Gasteiger partial charge in [-0.15, -0.1) is 0 Å². The van der Waals surface area contributed by atoms with Crippen LogP contribution < -0.4 is 24.6 Å². The molecule has 2 aromatic rings. The van der Waals surface area contributed by atoms with Crippen LogP contribution in [0.5, 0.6) is 11.5 Å². The van der Waals surface area contributed by atoms with Crippen LogP contribution in [-0.4, -0.2) is 91.7 Å². The van der Waals surface area contributed by atoms with E-state index in [4.69, 9.17) is 37.7 Å². The minimum atomic E-state index is -0.311. The number of anilines is 3. The number of carbonyl (C=O) groups excluding carboxylic acids is 2. The number of ether oxygens (including phenoxy) is 2. The molecule has 1 aromatic heterocycles. The molecule has 0 unspecified atom stereocenters. The zero-order chi connectivity index (χ0) is 31.4. The number of benzene rings is 1. The number of rotatable bonds is 9. The second kappa shape index (κ2) is 14.2. The van der Waals surface area contributed by atoms with Gasteiger partial charge in [-0.1, -0.05) is 48.5 Å². The van der Waals surface area contributed by atoms with E-state index in [1.807, 2.05) is 30.0 Å². The predicted molar refractivity (Wildman–Crippen MR) is 173 cm³/mol. The third-order valence-electron chi connectivity index (χ3n) is 8.47. The lowest BCUT2D eigenvalue weighted by Crippen LogP contribution is -2.55. The number of urea groups is 1. The van der Waals surface area contributed by atoms with Gasteiger partial charge in [-0.05, 0) is 39.8 Å². The normalized spacial score (nSPS) is 18.2. The van der Waals surface area contributed by atoms with Gasteiger partial charge in [-0.3, -0.25) is 14.6 Å². The van der Waals surface area contributed by atoms with Crippen LogP contribution in [0.1, 0.15) is 50.5 Å². The molecule has 2 fully saturated rings. The van der Waals surface area contributed by atoms with E-state index in [1.54, 1.807) is 23.2 Å². The van der Waals surface area contributed by atoms with Crippen LogP contribution >= 0.6 is 23.2 Å². The van der Waals surface area contributed by atoms with E-state index in [9.17, 15) is 9.59 Å². The van der Waals surface area contributed by atoms with Crippen LogP contribution in [0.15, 0.2) is 24.4 Å². The third kappa shape index (κ3) is 6.84. The molecule has 1 saturated heterocycles. The Labute approximate surface area is 269 Å². The molecule has 3 amide bonds. The summed E-state index contributed by atoms with van der Waals surface area (Å²) in [6.07, 6.45) is 12.2. The third-order valence-corrected chi connectivity index (χ3v) is 9.20. The number of methoxy groups -OCH3 is 2. The Bertz CT molecular complexity index is 1360. The number of hydrogen-bond donors (Lipinski definition) is 1. The van der Waals surface area contributed by atoms with Crippen molar-refractivity contribution >= 4 is 52.6 Å². The van der Waals surface area contributed by atoms with E-state index in [2.05, 4.69) is 10.3 Å². The number of aromatic nitrogens is 2. The summed E-state index contributed by atoms with van der Waals surface area (Å²) in [7, 11) is 6.91. The van der Waals surface area contributed by atoms with Crippen LogP contribution in [0.3, 0.4) is 0 Å². The van der Waals surface area contributed by atoms with Crippen LogP contribution in [0.2, 0.25) is 10.0 Å². The molecule has 3 aliphatic rings. The van der Waals surface area contributed by atoms with Crippen molar-refractivity contribution in [1.82, 2.24) is 19.8 Å². The molecule has 0 radical (unpaired) electrons. The molecule has 1 aliphatic carbocycles. The van der Waals surface area contributed by atoms with Crippen molar-refractivity contribution in [2.45, 2.75) is 63.6 Å². The molecular formula is C31H41Cl2N7O4. The van der Waals surface area contributed by atoms with E-state index in [0.717, 1.165) is 18.4 Å². The maximum absolute atomic E-state index is 14.5. The Morgan fingerprint density at radius 3 is 2.34 bits per heavy atom. The maximum atomic E-state index is 14.5. The van der Waals surface area contributed by atoms with Crippen molar-refractivity contribution in [2.24, 2.45) is 0 Å². The Kier molecular flexibility index (Phi) is 10.4. The molecule has 1 aromatic carbocycles. The van der Waals surface area contributed by atoms with Crippen molar-refractivity contribution in [2.75, 3.05) is 63.1 Å². The highest BCUT2D eigenvalue weighted by Gasteiger charge is 2.41. The SMILES string of the molecule is COc1cc(OC)c(Cl)c(N2Cc3cnc(NC4CCCCC4)nc3N(C3CCN(C(=O)C=CCN(C)C)CC3)C2=O)c1Cl. The first-order valence-corrected chi connectivity index (χ1v) is 15.9. The summed E-state index contributed by atoms with van der Waals surface area (Å²) in [6.45, 7) is 1.88. The lowest BCUT2D eigenvalue weighted by Gasteiger charge is -2.43. The Morgan fingerprint density at radius 2 is 1.73 bits per heavy atom. The molecular weight excluding hydrogens is 605 g/mol. The average molecular weight is 647 g/mol. The molecule has 0 bridgehead atoms. The zero-order valence-electron chi connectivity index (χ0n) is 25.8. The number of nitrogens with zero attached hydrogens (tertiary/aromatic N) is 6.